The molecule has 2 aliphatic heterocycles. The number of rotatable bonds is 2. The largest absolute Gasteiger partial charge is 0.339 e. The number of carbonyl (C=O) groups excluding carboxylic acids is 2. The SMILES string of the molecule is Cc1noc(CC(=O)N2C[C@@H]3[C@H](C2)N(C)C(=O)c2cccn23)n1. The normalized spacial score (nSPS) is 23.1. The molecule has 0 spiro atoms. The summed E-state index contributed by atoms with van der Waals surface area (Å²) in [4.78, 5) is 32.4. The van der Waals surface area contributed by atoms with Crippen molar-refractivity contribution in [2.45, 2.75) is 25.4 Å². The van der Waals surface area contributed by atoms with Gasteiger partial charge in [-0.15, -0.1) is 0 Å². The Labute approximate surface area is 132 Å². The van der Waals surface area contributed by atoms with Gasteiger partial charge in [-0.2, -0.15) is 4.98 Å². The molecular weight excluding hydrogens is 298 g/mol. The van der Waals surface area contributed by atoms with Gasteiger partial charge in [-0.25, -0.2) is 0 Å². The Morgan fingerprint density at radius 2 is 2.17 bits per heavy atom. The molecule has 2 aromatic rings. The number of carbonyl (C=O) groups is 2. The van der Waals surface area contributed by atoms with Gasteiger partial charge in [0.25, 0.3) is 5.91 Å². The van der Waals surface area contributed by atoms with Gasteiger partial charge in [0.1, 0.15) is 12.1 Å². The van der Waals surface area contributed by atoms with E-state index in [1.807, 2.05) is 22.9 Å². The molecule has 23 heavy (non-hydrogen) atoms. The highest BCUT2D eigenvalue weighted by atomic mass is 16.5. The van der Waals surface area contributed by atoms with Crippen molar-refractivity contribution in [1.29, 1.82) is 0 Å². The molecule has 8 nitrogen and oxygen atoms in total. The van der Waals surface area contributed by atoms with Crippen LogP contribution < -0.4 is 0 Å². The van der Waals surface area contributed by atoms with Crippen LogP contribution in [0.3, 0.4) is 0 Å². The van der Waals surface area contributed by atoms with E-state index in [9.17, 15) is 9.59 Å². The topological polar surface area (TPSA) is 84.5 Å². The van der Waals surface area contributed by atoms with Crippen LogP contribution in [0.15, 0.2) is 22.9 Å². The monoisotopic (exact) mass is 315 g/mol. The molecule has 8 heteroatoms. The zero-order chi connectivity index (χ0) is 16.1. The van der Waals surface area contributed by atoms with Crippen LogP contribution in [0, 0.1) is 6.92 Å². The second-order valence-corrected chi connectivity index (χ2v) is 6.06. The average molecular weight is 315 g/mol. The Bertz CT molecular complexity index is 780. The van der Waals surface area contributed by atoms with Gasteiger partial charge in [0.15, 0.2) is 5.82 Å². The van der Waals surface area contributed by atoms with Gasteiger partial charge in [-0.05, 0) is 19.1 Å². The predicted octanol–water partition coefficient (Wildman–Crippen LogP) is 0.260. The molecule has 4 heterocycles. The van der Waals surface area contributed by atoms with Crippen LogP contribution >= 0.6 is 0 Å². The molecule has 0 aliphatic carbocycles. The number of amides is 2. The predicted molar refractivity (Wildman–Crippen MR) is 78.7 cm³/mol. The van der Waals surface area contributed by atoms with Crippen molar-refractivity contribution in [2.75, 3.05) is 20.1 Å². The van der Waals surface area contributed by atoms with Crippen molar-refractivity contribution in [3.63, 3.8) is 0 Å². The molecule has 120 valence electrons. The minimum atomic E-state index is -0.0578. The van der Waals surface area contributed by atoms with E-state index in [-0.39, 0.29) is 30.3 Å². The summed E-state index contributed by atoms with van der Waals surface area (Å²) in [7, 11) is 1.80. The van der Waals surface area contributed by atoms with Gasteiger partial charge in [0.05, 0.1) is 12.1 Å². The molecule has 2 aliphatic rings. The fraction of sp³-hybridized carbons (Fsp3) is 0.467. The third kappa shape index (κ3) is 2.13. The van der Waals surface area contributed by atoms with Crippen molar-refractivity contribution in [3.8, 4) is 0 Å². The third-order valence-corrected chi connectivity index (χ3v) is 4.66. The van der Waals surface area contributed by atoms with Crippen LogP contribution in [0.5, 0.6) is 0 Å². The van der Waals surface area contributed by atoms with Gasteiger partial charge >= 0.3 is 0 Å². The minimum Gasteiger partial charge on any atom is -0.339 e. The number of aryl methyl sites for hydroxylation is 1. The Balaban J connectivity index is 1.55. The lowest BCUT2D eigenvalue weighted by Gasteiger charge is -2.35. The van der Waals surface area contributed by atoms with E-state index < -0.39 is 0 Å². The molecule has 2 aromatic heterocycles. The van der Waals surface area contributed by atoms with Crippen LogP contribution in [-0.2, 0) is 11.2 Å². The lowest BCUT2D eigenvalue weighted by Crippen LogP contribution is -2.48. The minimum absolute atomic E-state index is 0.00178. The zero-order valence-electron chi connectivity index (χ0n) is 13.0. The molecular formula is C15H17N5O3. The van der Waals surface area contributed by atoms with E-state index >= 15 is 0 Å². The number of hydrogen-bond donors (Lipinski definition) is 0. The standard InChI is InChI=1S/C15H17N5O3/c1-9-16-13(23-17-9)6-14(21)19-7-11-12(8-19)20-5-3-4-10(20)15(22)18(11)2/h3-5,11-12H,6-8H2,1-2H3/t11-,12+/m0/s1. The summed E-state index contributed by atoms with van der Waals surface area (Å²) in [5.41, 5.74) is 0.676. The van der Waals surface area contributed by atoms with Crippen molar-refractivity contribution in [1.82, 2.24) is 24.5 Å². The maximum Gasteiger partial charge on any atom is 0.270 e. The van der Waals surface area contributed by atoms with E-state index in [1.54, 1.807) is 23.8 Å². The van der Waals surface area contributed by atoms with E-state index in [4.69, 9.17) is 4.52 Å². The van der Waals surface area contributed by atoms with Gasteiger partial charge < -0.3 is 18.9 Å². The fourth-order valence-electron chi connectivity index (χ4n) is 3.48. The maximum atomic E-state index is 12.5. The molecule has 0 unspecified atom stereocenters. The Morgan fingerprint density at radius 3 is 2.91 bits per heavy atom. The molecule has 4 rings (SSSR count). The highest BCUT2D eigenvalue weighted by Gasteiger charge is 2.44. The first-order valence-electron chi connectivity index (χ1n) is 7.55. The Kier molecular flexibility index (Phi) is 3.00. The highest BCUT2D eigenvalue weighted by Crippen LogP contribution is 2.32. The van der Waals surface area contributed by atoms with E-state index in [2.05, 4.69) is 10.1 Å². The molecule has 2 atom stereocenters. The number of likely N-dealkylation sites (N-methyl/N-ethyl adjacent to an activating group) is 1. The summed E-state index contributed by atoms with van der Waals surface area (Å²) < 4.78 is 7.00. The van der Waals surface area contributed by atoms with Crippen molar-refractivity contribution in [2.24, 2.45) is 0 Å². The van der Waals surface area contributed by atoms with Crippen LogP contribution in [0.4, 0.5) is 0 Å². The number of nitrogens with zero attached hydrogens (tertiary/aromatic N) is 5. The van der Waals surface area contributed by atoms with Gasteiger partial charge in [-0.1, -0.05) is 5.16 Å². The van der Waals surface area contributed by atoms with Crippen LogP contribution in [0.25, 0.3) is 0 Å². The van der Waals surface area contributed by atoms with Gasteiger partial charge in [0.2, 0.25) is 11.8 Å². The summed E-state index contributed by atoms with van der Waals surface area (Å²) in [5, 5.41) is 3.70. The molecule has 0 bridgehead atoms. The average Bonchev–Trinajstić information content (AvgIpc) is 3.22. The van der Waals surface area contributed by atoms with Crippen LogP contribution in [0.1, 0.15) is 28.2 Å². The smallest absolute Gasteiger partial charge is 0.270 e. The molecule has 0 aromatic carbocycles. The van der Waals surface area contributed by atoms with Crippen molar-refractivity contribution < 1.29 is 14.1 Å². The molecule has 0 saturated carbocycles. The number of likely N-dealkylation sites (tertiary alicyclic amines) is 1. The molecule has 0 N–H and O–H groups in total. The lowest BCUT2D eigenvalue weighted by atomic mass is 10.1. The van der Waals surface area contributed by atoms with Crippen LogP contribution in [-0.4, -0.2) is 62.5 Å². The van der Waals surface area contributed by atoms with Crippen molar-refractivity contribution in [3.05, 3.63) is 35.7 Å². The summed E-state index contributed by atoms with van der Waals surface area (Å²) in [6.07, 6.45) is 2.00. The Hall–Kier alpha value is -2.64. The Morgan fingerprint density at radius 1 is 1.39 bits per heavy atom. The van der Waals surface area contributed by atoms with Gasteiger partial charge in [-0.3, -0.25) is 9.59 Å². The first-order valence-corrected chi connectivity index (χ1v) is 7.55. The molecule has 0 radical (unpaired) electrons. The second kappa shape index (κ2) is 4.94. The van der Waals surface area contributed by atoms with Crippen molar-refractivity contribution >= 4 is 11.8 Å². The van der Waals surface area contributed by atoms with E-state index in [0.29, 0.717) is 30.5 Å². The lowest BCUT2D eigenvalue weighted by molar-refractivity contribution is -0.130. The van der Waals surface area contributed by atoms with Gasteiger partial charge in [0, 0.05) is 26.3 Å². The summed E-state index contributed by atoms with van der Waals surface area (Å²) in [5.74, 6) is 0.786. The number of hydrogen-bond acceptors (Lipinski definition) is 5. The summed E-state index contributed by atoms with van der Waals surface area (Å²) in [6.45, 7) is 2.82. The number of fused-ring (bicyclic) bond motifs is 3. The highest BCUT2D eigenvalue weighted by molar-refractivity contribution is 5.94. The maximum absolute atomic E-state index is 12.5. The summed E-state index contributed by atoms with van der Waals surface area (Å²) >= 11 is 0. The van der Waals surface area contributed by atoms with E-state index in [1.165, 1.54) is 0 Å². The quantitative estimate of drug-likeness (QED) is 0.793. The fourth-order valence-corrected chi connectivity index (χ4v) is 3.48. The number of aromatic nitrogens is 3. The van der Waals surface area contributed by atoms with Crippen LogP contribution in [0.2, 0.25) is 0 Å². The summed E-state index contributed by atoms with van der Waals surface area (Å²) in [6, 6.07) is 3.78. The third-order valence-electron chi connectivity index (χ3n) is 4.66. The molecule has 2 amide bonds. The van der Waals surface area contributed by atoms with E-state index in [0.717, 1.165) is 0 Å². The molecule has 1 fully saturated rings. The first-order chi connectivity index (χ1) is 11.0. The molecule has 1 saturated heterocycles. The zero-order valence-corrected chi connectivity index (χ0v) is 13.0. The first kappa shape index (κ1) is 14.0. The second-order valence-electron chi connectivity index (χ2n) is 6.06.